The molecule has 1 heterocycles. The van der Waals surface area contributed by atoms with Gasteiger partial charge in [0.15, 0.2) is 0 Å². The van der Waals surface area contributed by atoms with Crippen LogP contribution in [0, 0.1) is 18.3 Å². The monoisotopic (exact) mass is 437 g/mol. The van der Waals surface area contributed by atoms with Crippen molar-refractivity contribution in [3.8, 4) is 6.07 Å². The van der Waals surface area contributed by atoms with Gasteiger partial charge in [-0.15, -0.1) is 11.8 Å². The Morgan fingerprint density at radius 3 is 2.57 bits per heavy atom. The lowest BCUT2D eigenvalue weighted by Crippen LogP contribution is -2.31. The minimum atomic E-state index is -0.534. The number of dihydropyridines is 1. The summed E-state index contributed by atoms with van der Waals surface area (Å²) in [7, 11) is 0. The minimum Gasteiger partial charge on any atom is -0.353 e. The molecule has 1 amide bonds. The van der Waals surface area contributed by atoms with Gasteiger partial charge < -0.3 is 10.6 Å². The number of nitrogens with one attached hydrogen (secondary N) is 2. The fourth-order valence-electron chi connectivity index (χ4n) is 3.45. The van der Waals surface area contributed by atoms with Crippen molar-refractivity contribution in [2.75, 3.05) is 11.1 Å². The minimum absolute atomic E-state index is 0.244. The standard InChI is InChI=1S/C24H24ClN3OS/c1-4-13-30-24-18(14-26)22(17-10-6-7-11-19(17)25)21(16(3)27-24)23(29)28-20-12-8-5-9-15(20)2/h5-12,22,27H,4,13H2,1-3H3,(H,28,29)/t22-/m0/s1. The molecule has 1 aliphatic heterocycles. The molecular weight excluding hydrogens is 414 g/mol. The van der Waals surface area contributed by atoms with E-state index >= 15 is 0 Å². The van der Waals surface area contributed by atoms with Crippen molar-refractivity contribution < 1.29 is 4.79 Å². The van der Waals surface area contributed by atoms with Gasteiger partial charge >= 0.3 is 0 Å². The van der Waals surface area contributed by atoms with E-state index in [0.717, 1.165) is 39.7 Å². The number of nitriles is 1. The van der Waals surface area contributed by atoms with Gasteiger partial charge in [-0.05, 0) is 49.3 Å². The molecule has 2 N–H and O–H groups in total. The predicted octanol–water partition coefficient (Wildman–Crippen LogP) is 6.13. The van der Waals surface area contributed by atoms with Gasteiger partial charge in [-0.25, -0.2) is 0 Å². The van der Waals surface area contributed by atoms with E-state index in [9.17, 15) is 10.1 Å². The van der Waals surface area contributed by atoms with Gasteiger partial charge in [-0.2, -0.15) is 5.26 Å². The Balaban J connectivity index is 2.10. The largest absolute Gasteiger partial charge is 0.353 e. The van der Waals surface area contributed by atoms with Crippen LogP contribution < -0.4 is 10.6 Å². The maximum absolute atomic E-state index is 13.4. The number of carbonyl (C=O) groups excluding carboxylic acids is 1. The number of hydrogen-bond acceptors (Lipinski definition) is 4. The number of benzene rings is 2. The van der Waals surface area contributed by atoms with Gasteiger partial charge in [0.25, 0.3) is 5.91 Å². The van der Waals surface area contributed by atoms with E-state index in [0.29, 0.717) is 16.2 Å². The number of allylic oxidation sites excluding steroid dienone is 2. The average molecular weight is 438 g/mol. The van der Waals surface area contributed by atoms with Crippen LogP contribution >= 0.6 is 23.4 Å². The predicted molar refractivity (Wildman–Crippen MR) is 125 cm³/mol. The number of aryl methyl sites for hydroxylation is 1. The Morgan fingerprint density at radius 2 is 1.90 bits per heavy atom. The summed E-state index contributed by atoms with van der Waals surface area (Å²) in [6.45, 7) is 5.91. The summed E-state index contributed by atoms with van der Waals surface area (Å²) in [5.41, 5.74) is 4.21. The molecule has 0 aliphatic carbocycles. The number of nitrogens with zero attached hydrogens (tertiary/aromatic N) is 1. The number of thioether (sulfide) groups is 1. The zero-order valence-corrected chi connectivity index (χ0v) is 18.8. The summed E-state index contributed by atoms with van der Waals surface area (Å²) in [5.74, 6) is 0.0978. The molecule has 0 saturated heterocycles. The third-order valence-electron chi connectivity index (χ3n) is 4.95. The molecule has 0 aromatic heterocycles. The topological polar surface area (TPSA) is 64.9 Å². The molecule has 0 bridgehead atoms. The average Bonchev–Trinajstić information content (AvgIpc) is 2.73. The van der Waals surface area contributed by atoms with Crippen molar-refractivity contribution in [2.45, 2.75) is 33.1 Å². The maximum Gasteiger partial charge on any atom is 0.254 e. The number of hydrogen-bond donors (Lipinski definition) is 2. The molecule has 154 valence electrons. The first-order valence-electron chi connectivity index (χ1n) is 9.84. The smallest absolute Gasteiger partial charge is 0.254 e. The van der Waals surface area contributed by atoms with E-state index in [-0.39, 0.29) is 5.91 Å². The van der Waals surface area contributed by atoms with Gasteiger partial charge in [-0.1, -0.05) is 54.9 Å². The van der Waals surface area contributed by atoms with Gasteiger partial charge in [-0.3, -0.25) is 4.79 Å². The highest BCUT2D eigenvalue weighted by molar-refractivity contribution is 8.03. The number of anilines is 1. The Kier molecular flexibility index (Phi) is 7.25. The zero-order valence-electron chi connectivity index (χ0n) is 17.3. The van der Waals surface area contributed by atoms with Crippen LogP contribution in [-0.4, -0.2) is 11.7 Å². The zero-order chi connectivity index (χ0) is 21.7. The van der Waals surface area contributed by atoms with Crippen LogP contribution in [-0.2, 0) is 4.79 Å². The van der Waals surface area contributed by atoms with Crippen molar-refractivity contribution in [3.05, 3.63) is 86.6 Å². The van der Waals surface area contributed by atoms with Gasteiger partial charge in [0.05, 0.1) is 22.6 Å². The number of amides is 1. The lowest BCUT2D eigenvalue weighted by Gasteiger charge is -2.30. The summed E-state index contributed by atoms with van der Waals surface area (Å²) < 4.78 is 0. The molecule has 1 atom stereocenters. The Morgan fingerprint density at radius 1 is 1.20 bits per heavy atom. The maximum atomic E-state index is 13.4. The van der Waals surface area contributed by atoms with Crippen LogP contribution in [0.2, 0.25) is 5.02 Å². The Bertz CT molecular complexity index is 1070. The molecule has 0 unspecified atom stereocenters. The van der Waals surface area contributed by atoms with E-state index in [1.54, 1.807) is 17.8 Å². The lowest BCUT2D eigenvalue weighted by molar-refractivity contribution is -0.113. The second-order valence-corrected chi connectivity index (χ2v) is 8.60. The van der Waals surface area contributed by atoms with Gasteiger partial charge in [0.2, 0.25) is 0 Å². The highest BCUT2D eigenvalue weighted by Crippen LogP contribution is 2.43. The SMILES string of the molecule is CCCSC1=C(C#N)[C@H](c2ccccc2Cl)C(C(=O)Nc2ccccc2C)=C(C)N1. The fourth-order valence-corrected chi connectivity index (χ4v) is 4.65. The van der Waals surface area contributed by atoms with Crippen molar-refractivity contribution >= 4 is 35.0 Å². The molecule has 2 aromatic rings. The van der Waals surface area contributed by atoms with Crippen LogP contribution in [0.3, 0.4) is 0 Å². The second-order valence-electron chi connectivity index (χ2n) is 7.09. The van der Waals surface area contributed by atoms with Crippen LogP contribution in [0.1, 0.15) is 37.3 Å². The third kappa shape index (κ3) is 4.56. The van der Waals surface area contributed by atoms with Crippen molar-refractivity contribution in [1.29, 1.82) is 5.26 Å². The van der Waals surface area contributed by atoms with Gasteiger partial charge in [0.1, 0.15) is 0 Å². The first kappa shape index (κ1) is 22.0. The van der Waals surface area contributed by atoms with E-state index in [4.69, 9.17) is 11.6 Å². The van der Waals surface area contributed by atoms with E-state index in [2.05, 4.69) is 23.6 Å². The molecule has 1 aliphatic rings. The molecular formula is C24H24ClN3OS. The van der Waals surface area contributed by atoms with Gasteiger partial charge in [0, 0.05) is 22.0 Å². The van der Waals surface area contributed by atoms with Crippen LogP contribution in [0.15, 0.2) is 70.4 Å². The first-order valence-corrected chi connectivity index (χ1v) is 11.2. The molecule has 0 spiro atoms. The highest BCUT2D eigenvalue weighted by Gasteiger charge is 2.35. The van der Waals surface area contributed by atoms with Crippen LogP contribution in [0.4, 0.5) is 5.69 Å². The molecule has 3 rings (SSSR count). The quantitative estimate of drug-likeness (QED) is 0.570. The third-order valence-corrected chi connectivity index (χ3v) is 6.52. The molecule has 0 fully saturated rings. The van der Waals surface area contributed by atoms with E-state index in [1.807, 2.05) is 56.3 Å². The number of para-hydroxylation sites is 1. The summed E-state index contributed by atoms with van der Waals surface area (Å²) in [6.07, 6.45) is 0.981. The highest BCUT2D eigenvalue weighted by atomic mass is 35.5. The Hall–Kier alpha value is -2.68. The summed E-state index contributed by atoms with van der Waals surface area (Å²) in [6, 6.07) is 17.4. The summed E-state index contributed by atoms with van der Waals surface area (Å²) >= 11 is 8.12. The Labute approximate surface area is 187 Å². The second kappa shape index (κ2) is 9.88. The first-order chi connectivity index (χ1) is 14.5. The molecule has 30 heavy (non-hydrogen) atoms. The van der Waals surface area contributed by atoms with Crippen molar-refractivity contribution in [1.82, 2.24) is 5.32 Å². The molecule has 0 radical (unpaired) electrons. The van der Waals surface area contributed by atoms with Crippen LogP contribution in [0.25, 0.3) is 0 Å². The fraction of sp³-hybridized carbons (Fsp3) is 0.250. The van der Waals surface area contributed by atoms with Crippen LogP contribution in [0.5, 0.6) is 0 Å². The van der Waals surface area contributed by atoms with Crippen molar-refractivity contribution in [2.24, 2.45) is 0 Å². The molecule has 2 aromatic carbocycles. The molecule has 6 heteroatoms. The number of halogens is 1. The van der Waals surface area contributed by atoms with E-state index in [1.165, 1.54) is 0 Å². The summed E-state index contributed by atoms with van der Waals surface area (Å²) in [5, 5.41) is 17.7. The van der Waals surface area contributed by atoms with Crippen molar-refractivity contribution in [3.63, 3.8) is 0 Å². The lowest BCUT2D eigenvalue weighted by atomic mass is 9.82. The summed E-state index contributed by atoms with van der Waals surface area (Å²) in [4.78, 5) is 13.4. The van der Waals surface area contributed by atoms with E-state index < -0.39 is 5.92 Å². The molecule has 0 saturated carbocycles. The number of rotatable bonds is 6. The normalized spacial score (nSPS) is 16.2. The molecule has 4 nitrogen and oxygen atoms in total. The number of carbonyl (C=O) groups is 1.